The van der Waals surface area contributed by atoms with E-state index in [2.05, 4.69) is 25.0 Å². The van der Waals surface area contributed by atoms with Crippen LogP contribution in [0.15, 0.2) is 15.5 Å². The van der Waals surface area contributed by atoms with Crippen molar-refractivity contribution in [3.63, 3.8) is 0 Å². The smallest absolute Gasteiger partial charge is 0.287 e. The molecule has 0 radical (unpaired) electrons. The van der Waals surface area contributed by atoms with E-state index in [1.807, 2.05) is 13.8 Å². The van der Waals surface area contributed by atoms with Gasteiger partial charge in [-0.3, -0.25) is 9.69 Å². The molecule has 0 unspecified atom stereocenters. The summed E-state index contributed by atoms with van der Waals surface area (Å²) in [5.41, 5.74) is 0.419. The predicted molar refractivity (Wildman–Crippen MR) is 90.4 cm³/mol. The van der Waals surface area contributed by atoms with Crippen LogP contribution in [-0.2, 0) is 13.6 Å². The molecule has 130 valence electrons. The van der Waals surface area contributed by atoms with E-state index < -0.39 is 0 Å². The van der Waals surface area contributed by atoms with E-state index in [4.69, 9.17) is 16.1 Å². The van der Waals surface area contributed by atoms with E-state index >= 15 is 0 Å². The molecule has 0 bridgehead atoms. The molecule has 0 saturated carbocycles. The predicted octanol–water partition coefficient (Wildman–Crippen LogP) is 1.26. The minimum absolute atomic E-state index is 0.222. The quantitative estimate of drug-likeness (QED) is 0.819. The zero-order valence-corrected chi connectivity index (χ0v) is 14.8. The first kappa shape index (κ1) is 16.9. The molecule has 1 fully saturated rings. The fourth-order valence-electron chi connectivity index (χ4n) is 2.63. The highest BCUT2D eigenvalue weighted by molar-refractivity contribution is 6.33. The highest BCUT2D eigenvalue weighted by Crippen LogP contribution is 2.22. The van der Waals surface area contributed by atoms with E-state index in [1.54, 1.807) is 13.2 Å². The number of hydrogen-bond acceptors (Lipinski definition) is 7. The van der Waals surface area contributed by atoms with Crippen molar-refractivity contribution in [2.45, 2.75) is 26.3 Å². The summed E-state index contributed by atoms with van der Waals surface area (Å²) in [5, 5.41) is 8.26. The Balaban J connectivity index is 1.61. The van der Waals surface area contributed by atoms with E-state index in [-0.39, 0.29) is 16.5 Å². The van der Waals surface area contributed by atoms with Crippen LogP contribution >= 0.6 is 11.6 Å². The largest absolute Gasteiger partial charge is 0.366 e. The van der Waals surface area contributed by atoms with Crippen molar-refractivity contribution in [1.29, 1.82) is 0 Å². The van der Waals surface area contributed by atoms with Gasteiger partial charge in [-0.15, -0.1) is 0 Å². The lowest BCUT2D eigenvalue weighted by molar-refractivity contribution is 0.215. The second-order valence-electron chi connectivity index (χ2n) is 6.24. The molecule has 2 aromatic heterocycles. The Hall–Kier alpha value is -1.93. The first-order chi connectivity index (χ1) is 11.5. The van der Waals surface area contributed by atoms with Gasteiger partial charge in [0.25, 0.3) is 5.56 Å². The minimum Gasteiger partial charge on any atom is -0.366 e. The lowest BCUT2D eigenvalue weighted by Gasteiger charge is -2.35. The molecule has 1 aliphatic heterocycles. The zero-order valence-electron chi connectivity index (χ0n) is 14.1. The number of hydrogen-bond donors (Lipinski definition) is 0. The van der Waals surface area contributed by atoms with Crippen molar-refractivity contribution in [2.24, 2.45) is 7.05 Å². The van der Waals surface area contributed by atoms with Crippen LogP contribution in [-0.4, -0.2) is 51.0 Å². The van der Waals surface area contributed by atoms with Crippen LogP contribution in [0.5, 0.6) is 0 Å². The summed E-state index contributed by atoms with van der Waals surface area (Å²) in [6, 6.07) is 0. The van der Waals surface area contributed by atoms with Gasteiger partial charge in [-0.05, 0) is 0 Å². The van der Waals surface area contributed by atoms with Crippen LogP contribution in [0.2, 0.25) is 5.02 Å². The van der Waals surface area contributed by atoms with Crippen molar-refractivity contribution >= 4 is 17.3 Å². The maximum atomic E-state index is 11.9. The molecule has 9 heteroatoms. The van der Waals surface area contributed by atoms with Crippen molar-refractivity contribution in [1.82, 2.24) is 24.8 Å². The number of aromatic nitrogens is 4. The Labute approximate surface area is 145 Å². The summed E-state index contributed by atoms with van der Waals surface area (Å²) < 4.78 is 6.54. The Kier molecular flexibility index (Phi) is 4.86. The molecule has 0 atom stereocenters. The molecule has 3 rings (SSSR count). The van der Waals surface area contributed by atoms with Gasteiger partial charge < -0.3 is 9.42 Å². The number of halogens is 1. The average molecular weight is 353 g/mol. The Bertz CT molecular complexity index is 764. The fraction of sp³-hybridized carbons (Fsp3) is 0.600. The van der Waals surface area contributed by atoms with Gasteiger partial charge in [0.15, 0.2) is 5.82 Å². The van der Waals surface area contributed by atoms with Crippen molar-refractivity contribution in [3.05, 3.63) is 33.3 Å². The van der Waals surface area contributed by atoms with Crippen molar-refractivity contribution in [2.75, 3.05) is 31.1 Å². The van der Waals surface area contributed by atoms with Crippen LogP contribution < -0.4 is 10.5 Å². The lowest BCUT2D eigenvalue weighted by Crippen LogP contribution is -2.46. The number of anilines is 1. The van der Waals surface area contributed by atoms with Gasteiger partial charge in [0, 0.05) is 39.1 Å². The molecule has 0 N–H and O–H groups in total. The van der Waals surface area contributed by atoms with E-state index in [0.717, 1.165) is 32.0 Å². The highest BCUT2D eigenvalue weighted by Gasteiger charge is 2.22. The lowest BCUT2D eigenvalue weighted by atomic mass is 10.2. The molecular formula is C15H21ClN6O2. The maximum absolute atomic E-state index is 11.9. The molecular weight excluding hydrogens is 332 g/mol. The normalized spacial score (nSPS) is 16.1. The molecule has 1 saturated heterocycles. The van der Waals surface area contributed by atoms with Gasteiger partial charge >= 0.3 is 0 Å². The number of aryl methyl sites for hydroxylation is 1. The van der Waals surface area contributed by atoms with E-state index in [9.17, 15) is 4.79 Å². The molecule has 1 aliphatic rings. The Morgan fingerprint density at radius 2 is 2.00 bits per heavy atom. The highest BCUT2D eigenvalue weighted by atomic mass is 35.5. The maximum Gasteiger partial charge on any atom is 0.287 e. The number of rotatable bonds is 4. The second-order valence-corrected chi connectivity index (χ2v) is 6.61. The Morgan fingerprint density at radius 3 is 2.62 bits per heavy atom. The fourth-order valence-corrected chi connectivity index (χ4v) is 2.92. The van der Waals surface area contributed by atoms with Gasteiger partial charge in [0.05, 0.1) is 18.4 Å². The third-order valence-electron chi connectivity index (χ3n) is 4.13. The SMILES string of the molecule is CC(C)c1noc(CN2CCN(c3cnn(C)c(=O)c3Cl)CC2)n1. The van der Waals surface area contributed by atoms with E-state index in [1.165, 1.54) is 4.68 Å². The zero-order chi connectivity index (χ0) is 17.3. The van der Waals surface area contributed by atoms with Gasteiger partial charge in [-0.2, -0.15) is 10.1 Å². The summed E-state index contributed by atoms with van der Waals surface area (Å²) in [7, 11) is 1.59. The second kappa shape index (κ2) is 6.90. The number of piperazine rings is 1. The number of nitrogens with zero attached hydrogens (tertiary/aromatic N) is 6. The summed E-state index contributed by atoms with van der Waals surface area (Å²) in [4.78, 5) is 20.6. The van der Waals surface area contributed by atoms with Gasteiger partial charge in [0.1, 0.15) is 5.02 Å². The minimum atomic E-state index is -0.274. The average Bonchev–Trinajstić information content (AvgIpc) is 3.03. The topological polar surface area (TPSA) is 80.3 Å². The van der Waals surface area contributed by atoms with Crippen LogP contribution in [0.3, 0.4) is 0 Å². The monoisotopic (exact) mass is 352 g/mol. The molecule has 24 heavy (non-hydrogen) atoms. The summed E-state index contributed by atoms with van der Waals surface area (Å²) in [6.07, 6.45) is 1.65. The van der Waals surface area contributed by atoms with E-state index in [0.29, 0.717) is 18.1 Å². The van der Waals surface area contributed by atoms with Crippen molar-refractivity contribution < 1.29 is 4.52 Å². The molecule has 2 aromatic rings. The molecule has 0 spiro atoms. The summed E-state index contributed by atoms with van der Waals surface area (Å²) >= 11 is 6.17. The standard InChI is InChI=1S/C15H21ClN6O2/c1-10(2)14-18-12(24-19-14)9-21-4-6-22(7-5-21)11-8-17-20(3)15(23)13(11)16/h8,10H,4-7,9H2,1-3H3. The third kappa shape index (κ3) is 3.44. The van der Waals surface area contributed by atoms with Crippen LogP contribution in [0.4, 0.5) is 5.69 Å². The Morgan fingerprint density at radius 1 is 1.29 bits per heavy atom. The molecule has 8 nitrogen and oxygen atoms in total. The van der Waals surface area contributed by atoms with Crippen molar-refractivity contribution in [3.8, 4) is 0 Å². The molecule has 3 heterocycles. The molecule has 0 aromatic carbocycles. The molecule has 0 aliphatic carbocycles. The molecule has 0 amide bonds. The van der Waals surface area contributed by atoms with Gasteiger partial charge in [-0.1, -0.05) is 30.6 Å². The van der Waals surface area contributed by atoms with Gasteiger partial charge in [-0.25, -0.2) is 4.68 Å². The third-order valence-corrected chi connectivity index (χ3v) is 4.49. The van der Waals surface area contributed by atoms with Gasteiger partial charge in [0.2, 0.25) is 5.89 Å². The van der Waals surface area contributed by atoms with Crippen LogP contribution in [0, 0.1) is 0 Å². The summed E-state index contributed by atoms with van der Waals surface area (Å²) in [6.45, 7) is 7.88. The first-order valence-corrected chi connectivity index (χ1v) is 8.35. The van der Waals surface area contributed by atoms with Crippen LogP contribution in [0.25, 0.3) is 0 Å². The first-order valence-electron chi connectivity index (χ1n) is 7.97. The van der Waals surface area contributed by atoms with Crippen LogP contribution in [0.1, 0.15) is 31.5 Å². The summed E-state index contributed by atoms with van der Waals surface area (Å²) in [5.74, 6) is 1.64.